The van der Waals surface area contributed by atoms with E-state index in [1.807, 2.05) is 43.3 Å². The molecule has 0 fully saturated rings. The monoisotopic (exact) mass is 336 g/mol. The van der Waals surface area contributed by atoms with Gasteiger partial charge in [-0.25, -0.2) is 0 Å². The quantitative estimate of drug-likeness (QED) is 0.856. The molecule has 2 aromatic rings. The smallest absolute Gasteiger partial charge is 0.222 e. The number of carbonyl (C=O) groups is 1. The molecule has 0 heterocycles. The maximum Gasteiger partial charge on any atom is 0.222 e. The zero-order valence-electron chi connectivity index (χ0n) is 12.2. The summed E-state index contributed by atoms with van der Waals surface area (Å²) in [5, 5.41) is 4.01. The summed E-state index contributed by atoms with van der Waals surface area (Å²) in [6, 6.07) is 14.3. The van der Waals surface area contributed by atoms with Gasteiger partial charge in [0.2, 0.25) is 5.91 Å². The summed E-state index contributed by atoms with van der Waals surface area (Å²) < 4.78 is 0. The molecular formula is C17H18Cl2N2O. The Bertz CT molecular complexity index is 646. The normalized spacial score (nSPS) is 13.5. The molecule has 116 valence electrons. The van der Waals surface area contributed by atoms with Gasteiger partial charge in [0.05, 0.1) is 6.04 Å². The molecule has 1 amide bonds. The standard InChI is InChI=1S/C17H18Cl2N2O/c1-11(14-8-7-13(18)9-15(14)19)21-17(22)10-16(20)12-5-3-2-4-6-12/h2-9,11,16H,10,20H2,1H3,(H,21,22). The zero-order chi connectivity index (χ0) is 16.1. The van der Waals surface area contributed by atoms with Gasteiger partial charge in [-0.1, -0.05) is 59.6 Å². The SMILES string of the molecule is CC(NC(=O)CC(N)c1ccccc1)c1ccc(Cl)cc1Cl. The number of rotatable bonds is 5. The fourth-order valence-electron chi connectivity index (χ4n) is 2.25. The predicted molar refractivity (Wildman–Crippen MR) is 91.0 cm³/mol. The third-order valence-electron chi connectivity index (χ3n) is 3.44. The van der Waals surface area contributed by atoms with Crippen molar-refractivity contribution in [3.05, 3.63) is 69.7 Å². The van der Waals surface area contributed by atoms with Gasteiger partial charge in [0.15, 0.2) is 0 Å². The molecule has 22 heavy (non-hydrogen) atoms. The molecule has 0 spiro atoms. The molecule has 0 aliphatic rings. The van der Waals surface area contributed by atoms with E-state index in [1.165, 1.54) is 0 Å². The van der Waals surface area contributed by atoms with Gasteiger partial charge in [-0.2, -0.15) is 0 Å². The van der Waals surface area contributed by atoms with Gasteiger partial charge in [-0.15, -0.1) is 0 Å². The Morgan fingerprint density at radius 2 is 1.86 bits per heavy atom. The van der Waals surface area contributed by atoms with Crippen molar-refractivity contribution in [3.63, 3.8) is 0 Å². The number of nitrogens with two attached hydrogens (primary N) is 1. The maximum absolute atomic E-state index is 12.1. The first-order valence-corrected chi connectivity index (χ1v) is 7.78. The number of halogens is 2. The van der Waals surface area contributed by atoms with Crippen LogP contribution in [0.5, 0.6) is 0 Å². The molecule has 0 saturated heterocycles. The summed E-state index contributed by atoms with van der Waals surface area (Å²) in [7, 11) is 0. The fraction of sp³-hybridized carbons (Fsp3) is 0.235. The van der Waals surface area contributed by atoms with Crippen molar-refractivity contribution in [2.45, 2.75) is 25.4 Å². The number of hydrogen-bond donors (Lipinski definition) is 2. The number of amides is 1. The Kier molecular flexibility index (Phi) is 5.83. The minimum absolute atomic E-state index is 0.116. The number of carbonyl (C=O) groups excluding carboxylic acids is 1. The molecule has 0 saturated carbocycles. The maximum atomic E-state index is 12.1. The Hall–Kier alpha value is -1.55. The van der Waals surface area contributed by atoms with Crippen molar-refractivity contribution >= 4 is 29.1 Å². The van der Waals surface area contributed by atoms with Crippen LogP contribution in [0, 0.1) is 0 Å². The van der Waals surface area contributed by atoms with E-state index >= 15 is 0 Å². The van der Waals surface area contributed by atoms with Crippen molar-refractivity contribution in [3.8, 4) is 0 Å². The average Bonchev–Trinajstić information content (AvgIpc) is 2.47. The second kappa shape index (κ2) is 7.63. The van der Waals surface area contributed by atoms with Crippen molar-refractivity contribution in [2.75, 3.05) is 0 Å². The predicted octanol–water partition coefficient (Wildman–Crippen LogP) is 4.26. The van der Waals surface area contributed by atoms with Crippen LogP contribution in [-0.2, 0) is 4.79 Å². The Balaban J connectivity index is 1.96. The number of nitrogens with one attached hydrogen (secondary N) is 1. The Morgan fingerprint density at radius 3 is 2.50 bits per heavy atom. The lowest BCUT2D eigenvalue weighted by Gasteiger charge is -2.18. The second-order valence-corrected chi connectivity index (χ2v) is 6.02. The van der Waals surface area contributed by atoms with Crippen molar-refractivity contribution in [1.82, 2.24) is 5.32 Å². The van der Waals surface area contributed by atoms with Crippen molar-refractivity contribution in [2.24, 2.45) is 5.73 Å². The van der Waals surface area contributed by atoms with E-state index < -0.39 is 0 Å². The van der Waals surface area contributed by atoms with Gasteiger partial charge in [0, 0.05) is 22.5 Å². The highest BCUT2D eigenvalue weighted by molar-refractivity contribution is 6.35. The fourth-order valence-corrected chi connectivity index (χ4v) is 2.82. The van der Waals surface area contributed by atoms with E-state index in [0.717, 1.165) is 11.1 Å². The molecule has 0 aromatic heterocycles. The third-order valence-corrected chi connectivity index (χ3v) is 4.00. The van der Waals surface area contributed by atoms with Crippen LogP contribution in [0.15, 0.2) is 48.5 Å². The molecule has 0 radical (unpaired) electrons. The van der Waals surface area contributed by atoms with E-state index in [4.69, 9.17) is 28.9 Å². The van der Waals surface area contributed by atoms with Crippen LogP contribution in [0.3, 0.4) is 0 Å². The highest BCUT2D eigenvalue weighted by Crippen LogP contribution is 2.26. The summed E-state index contributed by atoms with van der Waals surface area (Å²) >= 11 is 12.0. The van der Waals surface area contributed by atoms with Gasteiger partial charge >= 0.3 is 0 Å². The van der Waals surface area contributed by atoms with Crippen LogP contribution >= 0.6 is 23.2 Å². The molecule has 2 aromatic carbocycles. The second-order valence-electron chi connectivity index (χ2n) is 5.18. The Morgan fingerprint density at radius 1 is 1.18 bits per heavy atom. The van der Waals surface area contributed by atoms with Crippen LogP contribution in [0.1, 0.15) is 36.6 Å². The molecule has 3 nitrogen and oxygen atoms in total. The molecule has 2 unspecified atom stereocenters. The van der Waals surface area contributed by atoms with E-state index in [1.54, 1.807) is 12.1 Å². The lowest BCUT2D eigenvalue weighted by molar-refractivity contribution is -0.122. The largest absolute Gasteiger partial charge is 0.349 e. The van der Waals surface area contributed by atoms with E-state index in [-0.39, 0.29) is 24.4 Å². The summed E-state index contributed by atoms with van der Waals surface area (Å²) in [5.74, 6) is -0.116. The lowest BCUT2D eigenvalue weighted by atomic mass is 10.0. The van der Waals surface area contributed by atoms with Crippen molar-refractivity contribution in [1.29, 1.82) is 0 Å². The Labute approximate surface area is 140 Å². The van der Waals surface area contributed by atoms with Gasteiger partial charge in [0.1, 0.15) is 0 Å². The van der Waals surface area contributed by atoms with Gasteiger partial charge < -0.3 is 11.1 Å². The summed E-state index contributed by atoms with van der Waals surface area (Å²) in [6.45, 7) is 1.88. The molecule has 2 rings (SSSR count). The van der Waals surface area contributed by atoms with Crippen LogP contribution in [0.4, 0.5) is 0 Å². The first kappa shape index (κ1) is 16.8. The van der Waals surface area contributed by atoms with Gasteiger partial charge in [-0.3, -0.25) is 4.79 Å². The molecule has 0 bridgehead atoms. The average molecular weight is 337 g/mol. The first-order chi connectivity index (χ1) is 10.5. The van der Waals surface area contributed by atoms with Gasteiger partial charge in [0.25, 0.3) is 0 Å². The van der Waals surface area contributed by atoms with E-state index in [2.05, 4.69) is 5.32 Å². The molecule has 3 N–H and O–H groups in total. The van der Waals surface area contributed by atoms with Crippen LogP contribution < -0.4 is 11.1 Å². The highest BCUT2D eigenvalue weighted by Gasteiger charge is 2.16. The summed E-state index contributed by atoms with van der Waals surface area (Å²) in [5.41, 5.74) is 7.82. The first-order valence-electron chi connectivity index (χ1n) is 7.02. The zero-order valence-corrected chi connectivity index (χ0v) is 13.7. The summed E-state index contributed by atoms with van der Waals surface area (Å²) in [6.07, 6.45) is 0.222. The molecule has 5 heteroatoms. The van der Waals surface area contributed by atoms with E-state index in [0.29, 0.717) is 10.0 Å². The number of hydrogen-bond acceptors (Lipinski definition) is 2. The van der Waals surface area contributed by atoms with Crippen LogP contribution in [0.25, 0.3) is 0 Å². The molecule has 0 aliphatic heterocycles. The molecular weight excluding hydrogens is 319 g/mol. The molecule has 0 aliphatic carbocycles. The van der Waals surface area contributed by atoms with Crippen molar-refractivity contribution < 1.29 is 4.79 Å². The third kappa shape index (κ3) is 4.47. The topological polar surface area (TPSA) is 55.1 Å². The molecule has 2 atom stereocenters. The minimum atomic E-state index is -0.325. The van der Waals surface area contributed by atoms with E-state index in [9.17, 15) is 4.79 Å². The van der Waals surface area contributed by atoms with Crippen LogP contribution in [0.2, 0.25) is 10.0 Å². The highest BCUT2D eigenvalue weighted by atomic mass is 35.5. The minimum Gasteiger partial charge on any atom is -0.349 e. The summed E-state index contributed by atoms with van der Waals surface area (Å²) in [4.78, 5) is 12.1. The number of benzene rings is 2. The van der Waals surface area contributed by atoms with Gasteiger partial charge in [-0.05, 0) is 30.2 Å². The van der Waals surface area contributed by atoms with Crippen LogP contribution in [-0.4, -0.2) is 5.91 Å². The lowest BCUT2D eigenvalue weighted by Crippen LogP contribution is -2.30.